The highest BCUT2D eigenvalue weighted by molar-refractivity contribution is 4.81. The highest BCUT2D eigenvalue weighted by Crippen LogP contribution is 2.30. The maximum atomic E-state index is 9.72. The molecule has 1 rings (SSSR count). The van der Waals surface area contributed by atoms with Crippen molar-refractivity contribution in [2.24, 2.45) is 11.8 Å². The van der Waals surface area contributed by atoms with Gasteiger partial charge in [0.15, 0.2) is 0 Å². The minimum atomic E-state index is -0.359. The lowest BCUT2D eigenvalue weighted by atomic mass is 9.80. The first-order valence-electron chi connectivity index (χ1n) is 6.40. The van der Waals surface area contributed by atoms with Crippen molar-refractivity contribution in [1.82, 2.24) is 4.90 Å². The first-order chi connectivity index (χ1) is 7.52. The van der Waals surface area contributed by atoms with Crippen LogP contribution in [0.25, 0.3) is 0 Å². The summed E-state index contributed by atoms with van der Waals surface area (Å²) in [5.41, 5.74) is 0. The van der Waals surface area contributed by atoms with Crippen molar-refractivity contribution in [2.75, 3.05) is 27.3 Å². The molecule has 1 fully saturated rings. The monoisotopic (exact) mass is 229 g/mol. The van der Waals surface area contributed by atoms with Gasteiger partial charge in [0.2, 0.25) is 0 Å². The van der Waals surface area contributed by atoms with Crippen LogP contribution in [0.2, 0.25) is 0 Å². The largest absolute Gasteiger partial charge is 0.389 e. The Kier molecular flexibility index (Phi) is 5.73. The fourth-order valence-electron chi connectivity index (χ4n) is 2.99. The summed E-state index contributed by atoms with van der Waals surface area (Å²) in [5, 5.41) is 9.72. The van der Waals surface area contributed by atoms with Crippen LogP contribution in [-0.4, -0.2) is 49.5 Å². The number of hydrogen-bond acceptors (Lipinski definition) is 3. The van der Waals surface area contributed by atoms with Gasteiger partial charge in [0.25, 0.3) is 0 Å². The Hall–Kier alpha value is -0.120. The number of nitrogens with zero attached hydrogens (tertiary/aromatic N) is 1. The fourth-order valence-corrected chi connectivity index (χ4v) is 2.99. The van der Waals surface area contributed by atoms with Gasteiger partial charge in [0.05, 0.1) is 12.7 Å². The van der Waals surface area contributed by atoms with Gasteiger partial charge in [-0.2, -0.15) is 0 Å². The lowest BCUT2D eigenvalue weighted by molar-refractivity contribution is 0.0232. The van der Waals surface area contributed by atoms with E-state index in [9.17, 15) is 5.11 Å². The standard InChI is InChI=1S/C13H27NO2/c1-10-5-11(2)7-12(6-10)14(3)8-13(15)9-16-4/h10-13,15H,5-9H2,1-4H3/t10-,11+,12?,13-/m1/s1. The van der Waals surface area contributed by atoms with Crippen LogP contribution >= 0.6 is 0 Å². The number of methoxy groups -OCH3 is 1. The molecule has 0 aromatic rings. The molecule has 0 amide bonds. The lowest BCUT2D eigenvalue weighted by Crippen LogP contribution is -2.42. The lowest BCUT2D eigenvalue weighted by Gasteiger charge is -2.38. The van der Waals surface area contributed by atoms with Crippen LogP contribution in [0.1, 0.15) is 33.1 Å². The average molecular weight is 229 g/mol. The van der Waals surface area contributed by atoms with Gasteiger partial charge in [0.1, 0.15) is 0 Å². The molecule has 0 heterocycles. The van der Waals surface area contributed by atoms with E-state index in [1.54, 1.807) is 7.11 Å². The molecular weight excluding hydrogens is 202 g/mol. The van der Waals surface area contributed by atoms with E-state index in [2.05, 4.69) is 25.8 Å². The average Bonchev–Trinajstić information content (AvgIpc) is 2.16. The zero-order chi connectivity index (χ0) is 12.1. The van der Waals surface area contributed by atoms with Crippen molar-refractivity contribution in [1.29, 1.82) is 0 Å². The second-order valence-corrected chi connectivity index (χ2v) is 5.62. The molecule has 96 valence electrons. The summed E-state index contributed by atoms with van der Waals surface area (Å²) in [6.45, 7) is 5.82. The number of aliphatic hydroxyl groups is 1. The number of ether oxygens (including phenoxy) is 1. The zero-order valence-electron chi connectivity index (χ0n) is 11.1. The van der Waals surface area contributed by atoms with Crippen molar-refractivity contribution in [2.45, 2.75) is 45.3 Å². The molecule has 1 saturated carbocycles. The molecule has 4 atom stereocenters. The van der Waals surface area contributed by atoms with Gasteiger partial charge in [-0.05, 0) is 38.1 Å². The molecule has 0 spiro atoms. The summed E-state index contributed by atoms with van der Waals surface area (Å²) in [6, 6.07) is 0.630. The molecular formula is C13H27NO2. The number of rotatable bonds is 5. The summed E-state index contributed by atoms with van der Waals surface area (Å²) >= 11 is 0. The molecule has 0 aromatic carbocycles. The van der Waals surface area contributed by atoms with Gasteiger partial charge in [-0.1, -0.05) is 13.8 Å². The van der Waals surface area contributed by atoms with E-state index < -0.39 is 0 Å². The molecule has 0 saturated heterocycles. The minimum Gasteiger partial charge on any atom is -0.389 e. The van der Waals surface area contributed by atoms with Gasteiger partial charge >= 0.3 is 0 Å². The van der Waals surface area contributed by atoms with Crippen LogP contribution in [-0.2, 0) is 4.74 Å². The Labute approximate surface area is 99.8 Å². The van der Waals surface area contributed by atoms with E-state index in [0.29, 0.717) is 12.6 Å². The second kappa shape index (κ2) is 6.58. The third-order valence-electron chi connectivity index (χ3n) is 3.63. The summed E-state index contributed by atoms with van der Waals surface area (Å²) in [5.74, 6) is 1.63. The molecule has 1 N–H and O–H groups in total. The summed E-state index contributed by atoms with van der Waals surface area (Å²) in [7, 11) is 3.75. The van der Waals surface area contributed by atoms with E-state index in [0.717, 1.165) is 18.4 Å². The van der Waals surface area contributed by atoms with Gasteiger partial charge in [-0.25, -0.2) is 0 Å². The SMILES string of the molecule is COC[C@H](O)CN(C)C1C[C@@H](C)C[C@@H](C)C1. The van der Waals surface area contributed by atoms with Crippen molar-refractivity contribution in [3.63, 3.8) is 0 Å². The van der Waals surface area contributed by atoms with E-state index in [1.165, 1.54) is 19.3 Å². The summed E-state index contributed by atoms with van der Waals surface area (Å²) < 4.78 is 4.96. The first-order valence-corrected chi connectivity index (χ1v) is 6.40. The Bertz CT molecular complexity index is 188. The molecule has 1 aliphatic rings. The number of hydrogen-bond donors (Lipinski definition) is 1. The van der Waals surface area contributed by atoms with Gasteiger partial charge in [0, 0.05) is 19.7 Å². The molecule has 1 aliphatic carbocycles. The third-order valence-corrected chi connectivity index (χ3v) is 3.63. The van der Waals surface area contributed by atoms with Crippen LogP contribution in [0.3, 0.4) is 0 Å². The molecule has 0 aromatic heterocycles. The van der Waals surface area contributed by atoms with Crippen LogP contribution < -0.4 is 0 Å². The Morgan fingerprint density at radius 1 is 1.25 bits per heavy atom. The van der Waals surface area contributed by atoms with E-state index >= 15 is 0 Å². The third kappa shape index (κ3) is 4.40. The maximum absolute atomic E-state index is 9.72. The minimum absolute atomic E-state index is 0.359. The fraction of sp³-hybridized carbons (Fsp3) is 1.00. The predicted octanol–water partition coefficient (Wildman–Crippen LogP) is 1.75. The first kappa shape index (κ1) is 13.9. The topological polar surface area (TPSA) is 32.7 Å². The van der Waals surface area contributed by atoms with E-state index in [-0.39, 0.29) is 6.10 Å². The Balaban J connectivity index is 2.37. The maximum Gasteiger partial charge on any atom is 0.0900 e. The Morgan fingerprint density at radius 3 is 2.31 bits per heavy atom. The van der Waals surface area contributed by atoms with Crippen LogP contribution in [0.4, 0.5) is 0 Å². The quantitative estimate of drug-likeness (QED) is 0.779. The van der Waals surface area contributed by atoms with Gasteiger partial charge < -0.3 is 14.7 Å². The molecule has 0 aliphatic heterocycles. The highest BCUT2D eigenvalue weighted by Gasteiger charge is 2.27. The number of likely N-dealkylation sites (N-methyl/N-ethyl adjacent to an activating group) is 1. The van der Waals surface area contributed by atoms with Crippen molar-refractivity contribution in [3.05, 3.63) is 0 Å². The van der Waals surface area contributed by atoms with Crippen molar-refractivity contribution >= 4 is 0 Å². The summed E-state index contributed by atoms with van der Waals surface area (Å²) in [6.07, 6.45) is 3.52. The van der Waals surface area contributed by atoms with Crippen LogP contribution in [0.15, 0.2) is 0 Å². The normalized spacial score (nSPS) is 33.0. The van der Waals surface area contributed by atoms with Crippen molar-refractivity contribution < 1.29 is 9.84 Å². The highest BCUT2D eigenvalue weighted by atomic mass is 16.5. The molecule has 1 unspecified atom stereocenters. The van der Waals surface area contributed by atoms with Crippen molar-refractivity contribution in [3.8, 4) is 0 Å². The molecule has 3 heteroatoms. The van der Waals surface area contributed by atoms with Gasteiger partial charge in [-0.15, -0.1) is 0 Å². The zero-order valence-corrected chi connectivity index (χ0v) is 11.1. The van der Waals surface area contributed by atoms with Gasteiger partial charge in [-0.3, -0.25) is 0 Å². The van der Waals surface area contributed by atoms with E-state index in [4.69, 9.17) is 4.74 Å². The summed E-state index contributed by atoms with van der Waals surface area (Å²) in [4.78, 5) is 2.30. The second-order valence-electron chi connectivity index (χ2n) is 5.62. The smallest absolute Gasteiger partial charge is 0.0900 e. The Morgan fingerprint density at radius 2 is 1.81 bits per heavy atom. The molecule has 16 heavy (non-hydrogen) atoms. The van der Waals surface area contributed by atoms with Crippen LogP contribution in [0.5, 0.6) is 0 Å². The molecule has 3 nitrogen and oxygen atoms in total. The molecule has 0 radical (unpaired) electrons. The number of aliphatic hydroxyl groups excluding tert-OH is 1. The van der Waals surface area contributed by atoms with E-state index in [1.807, 2.05) is 0 Å². The molecule has 0 bridgehead atoms. The van der Waals surface area contributed by atoms with Crippen LogP contribution in [0, 0.1) is 11.8 Å². The predicted molar refractivity (Wildman–Crippen MR) is 66.5 cm³/mol.